The molecule has 3 N–H and O–H groups in total. The van der Waals surface area contributed by atoms with Crippen molar-refractivity contribution in [2.45, 2.75) is 53.5 Å². The summed E-state index contributed by atoms with van der Waals surface area (Å²) in [6.07, 6.45) is 2.34. The second kappa shape index (κ2) is 5.98. The summed E-state index contributed by atoms with van der Waals surface area (Å²) >= 11 is 1.80. The summed E-state index contributed by atoms with van der Waals surface area (Å²) in [6.45, 7) is 11.4. The van der Waals surface area contributed by atoms with Gasteiger partial charge in [-0.15, -0.1) is 11.3 Å². The van der Waals surface area contributed by atoms with E-state index in [1.807, 2.05) is 0 Å². The molecule has 17 heavy (non-hydrogen) atoms. The van der Waals surface area contributed by atoms with E-state index >= 15 is 0 Å². The molecule has 2 nitrogen and oxygen atoms in total. The highest BCUT2D eigenvalue weighted by molar-refractivity contribution is 7.10. The zero-order valence-electron chi connectivity index (χ0n) is 11.7. The van der Waals surface area contributed by atoms with Crippen LogP contribution < -0.4 is 11.3 Å². The summed E-state index contributed by atoms with van der Waals surface area (Å²) in [6, 6.07) is 2.46. The minimum atomic E-state index is 0.298. The van der Waals surface area contributed by atoms with Crippen molar-refractivity contribution in [3.63, 3.8) is 0 Å². The lowest BCUT2D eigenvalue weighted by Gasteiger charge is -2.26. The number of hydrogen-bond acceptors (Lipinski definition) is 3. The molecule has 0 spiro atoms. The monoisotopic (exact) mass is 254 g/mol. The van der Waals surface area contributed by atoms with Crippen molar-refractivity contribution in [1.29, 1.82) is 0 Å². The van der Waals surface area contributed by atoms with Crippen LogP contribution in [0.3, 0.4) is 0 Å². The molecule has 0 saturated heterocycles. The minimum Gasteiger partial charge on any atom is -0.271 e. The maximum atomic E-state index is 5.70. The van der Waals surface area contributed by atoms with Crippen LogP contribution >= 0.6 is 11.3 Å². The first-order valence-electron chi connectivity index (χ1n) is 6.33. The van der Waals surface area contributed by atoms with Gasteiger partial charge in [-0.3, -0.25) is 11.3 Å². The highest BCUT2D eigenvalue weighted by Gasteiger charge is 2.21. The van der Waals surface area contributed by atoms with E-state index in [2.05, 4.69) is 51.5 Å². The van der Waals surface area contributed by atoms with Gasteiger partial charge in [0.2, 0.25) is 0 Å². The Labute approximate surface area is 110 Å². The molecule has 0 fully saturated rings. The SMILES string of the molecule is Cc1ccsc1C(CC(C)CC(C)(C)C)NN. The van der Waals surface area contributed by atoms with Crippen LogP contribution in [0.5, 0.6) is 0 Å². The molecular formula is C14H26N2S. The van der Waals surface area contributed by atoms with E-state index in [0.29, 0.717) is 17.4 Å². The van der Waals surface area contributed by atoms with Gasteiger partial charge in [-0.1, -0.05) is 27.7 Å². The van der Waals surface area contributed by atoms with Gasteiger partial charge in [0.05, 0.1) is 6.04 Å². The van der Waals surface area contributed by atoms with Crippen molar-refractivity contribution in [2.24, 2.45) is 17.2 Å². The molecule has 0 aliphatic carbocycles. The molecule has 0 amide bonds. The van der Waals surface area contributed by atoms with Gasteiger partial charge in [0.1, 0.15) is 0 Å². The number of hydrogen-bond donors (Lipinski definition) is 2. The molecule has 0 radical (unpaired) electrons. The molecule has 0 aliphatic rings. The van der Waals surface area contributed by atoms with Crippen molar-refractivity contribution >= 4 is 11.3 Å². The molecule has 2 atom stereocenters. The first-order valence-corrected chi connectivity index (χ1v) is 7.21. The van der Waals surface area contributed by atoms with Crippen molar-refractivity contribution < 1.29 is 0 Å². The fraction of sp³-hybridized carbons (Fsp3) is 0.714. The number of rotatable bonds is 5. The topological polar surface area (TPSA) is 38.0 Å². The molecule has 1 rings (SSSR count). The van der Waals surface area contributed by atoms with Crippen LogP contribution in [0.4, 0.5) is 0 Å². The van der Waals surface area contributed by atoms with Crippen LogP contribution in [0, 0.1) is 18.3 Å². The Kier molecular flexibility index (Phi) is 5.17. The zero-order chi connectivity index (χ0) is 13.1. The Balaban J connectivity index is 2.62. The van der Waals surface area contributed by atoms with Gasteiger partial charge in [-0.05, 0) is 48.1 Å². The highest BCUT2D eigenvalue weighted by atomic mass is 32.1. The summed E-state index contributed by atoms with van der Waals surface area (Å²) in [5.74, 6) is 6.38. The van der Waals surface area contributed by atoms with Gasteiger partial charge in [0, 0.05) is 4.88 Å². The second-order valence-corrected chi connectivity index (χ2v) is 7.24. The number of nitrogens with one attached hydrogen (secondary N) is 1. The Bertz CT molecular complexity index is 338. The molecule has 1 aromatic rings. The van der Waals surface area contributed by atoms with Crippen LogP contribution in [-0.4, -0.2) is 0 Å². The summed E-state index contributed by atoms with van der Waals surface area (Å²) in [4.78, 5) is 1.38. The minimum absolute atomic E-state index is 0.298. The molecule has 0 saturated carbocycles. The van der Waals surface area contributed by atoms with Gasteiger partial charge >= 0.3 is 0 Å². The van der Waals surface area contributed by atoms with Gasteiger partial charge in [0.15, 0.2) is 0 Å². The Morgan fingerprint density at radius 2 is 2.06 bits per heavy atom. The van der Waals surface area contributed by atoms with Gasteiger partial charge in [-0.2, -0.15) is 0 Å². The van der Waals surface area contributed by atoms with Crippen molar-refractivity contribution in [3.8, 4) is 0 Å². The van der Waals surface area contributed by atoms with E-state index in [-0.39, 0.29) is 0 Å². The van der Waals surface area contributed by atoms with E-state index in [4.69, 9.17) is 5.84 Å². The number of thiophene rings is 1. The Morgan fingerprint density at radius 3 is 2.47 bits per heavy atom. The van der Waals surface area contributed by atoms with Crippen LogP contribution in [-0.2, 0) is 0 Å². The van der Waals surface area contributed by atoms with E-state index in [9.17, 15) is 0 Å². The standard InChI is InChI=1S/C14H26N2S/c1-10(9-14(3,4)5)8-12(16-15)13-11(2)6-7-17-13/h6-7,10,12,16H,8-9,15H2,1-5H3. The fourth-order valence-electron chi connectivity index (χ4n) is 2.52. The number of hydrazine groups is 1. The third-order valence-corrected chi connectivity index (χ3v) is 4.15. The highest BCUT2D eigenvalue weighted by Crippen LogP contribution is 2.33. The van der Waals surface area contributed by atoms with E-state index in [1.165, 1.54) is 16.9 Å². The van der Waals surface area contributed by atoms with Gasteiger partial charge in [0.25, 0.3) is 0 Å². The first kappa shape index (κ1) is 14.7. The molecule has 0 bridgehead atoms. The van der Waals surface area contributed by atoms with Crippen LogP contribution in [0.1, 0.15) is 57.0 Å². The van der Waals surface area contributed by atoms with E-state index in [1.54, 1.807) is 11.3 Å². The summed E-state index contributed by atoms with van der Waals surface area (Å²) in [5.41, 5.74) is 4.71. The third kappa shape index (κ3) is 4.78. The molecule has 1 heterocycles. The summed E-state index contributed by atoms with van der Waals surface area (Å²) < 4.78 is 0. The molecule has 3 heteroatoms. The average Bonchev–Trinajstić information content (AvgIpc) is 2.58. The lowest BCUT2D eigenvalue weighted by atomic mass is 9.82. The largest absolute Gasteiger partial charge is 0.271 e. The molecule has 0 aromatic carbocycles. The lowest BCUT2D eigenvalue weighted by Crippen LogP contribution is -2.29. The smallest absolute Gasteiger partial charge is 0.0558 e. The van der Waals surface area contributed by atoms with Crippen molar-refractivity contribution in [2.75, 3.05) is 0 Å². The van der Waals surface area contributed by atoms with Crippen molar-refractivity contribution in [3.05, 3.63) is 21.9 Å². The normalized spacial score (nSPS) is 15.9. The summed E-state index contributed by atoms with van der Waals surface area (Å²) in [5, 5.41) is 2.14. The van der Waals surface area contributed by atoms with E-state index in [0.717, 1.165) is 6.42 Å². The Morgan fingerprint density at radius 1 is 1.41 bits per heavy atom. The summed E-state index contributed by atoms with van der Waals surface area (Å²) in [7, 11) is 0. The molecule has 1 aromatic heterocycles. The zero-order valence-corrected chi connectivity index (χ0v) is 12.5. The average molecular weight is 254 g/mol. The van der Waals surface area contributed by atoms with Crippen LogP contribution in [0.25, 0.3) is 0 Å². The van der Waals surface area contributed by atoms with Gasteiger partial charge < -0.3 is 0 Å². The molecule has 2 unspecified atom stereocenters. The fourth-order valence-corrected chi connectivity index (χ4v) is 3.52. The Hall–Kier alpha value is -0.380. The predicted molar refractivity (Wildman–Crippen MR) is 77.0 cm³/mol. The van der Waals surface area contributed by atoms with Crippen molar-refractivity contribution in [1.82, 2.24) is 5.43 Å². The van der Waals surface area contributed by atoms with Crippen LogP contribution in [0.15, 0.2) is 11.4 Å². The van der Waals surface area contributed by atoms with Crippen LogP contribution in [0.2, 0.25) is 0 Å². The quantitative estimate of drug-likeness (QED) is 0.615. The number of nitrogens with two attached hydrogens (primary N) is 1. The number of aryl methyl sites for hydroxylation is 1. The second-order valence-electron chi connectivity index (χ2n) is 6.29. The third-order valence-electron chi connectivity index (χ3n) is 3.02. The molecule has 98 valence electrons. The van der Waals surface area contributed by atoms with Gasteiger partial charge in [-0.25, -0.2) is 0 Å². The first-order chi connectivity index (χ1) is 7.83. The maximum Gasteiger partial charge on any atom is 0.0558 e. The predicted octanol–water partition coefficient (Wildman–Crippen LogP) is 4.02. The maximum absolute atomic E-state index is 5.70. The lowest BCUT2D eigenvalue weighted by molar-refractivity contribution is 0.277. The molecule has 0 aliphatic heterocycles. The molecular weight excluding hydrogens is 228 g/mol. The van der Waals surface area contributed by atoms with E-state index < -0.39 is 0 Å².